The lowest BCUT2D eigenvalue weighted by molar-refractivity contribution is -0.143. The lowest BCUT2D eigenvalue weighted by Gasteiger charge is -2.31. The zero-order chi connectivity index (χ0) is 22.0. The number of halogens is 5. The first-order chi connectivity index (χ1) is 13.5. The summed E-state index contributed by atoms with van der Waals surface area (Å²) in [6, 6.07) is -0.0183. The molecule has 1 N–H and O–H groups in total. The van der Waals surface area contributed by atoms with Gasteiger partial charge in [-0.15, -0.1) is 0 Å². The number of rotatable bonds is 5. The number of esters is 2. The number of carbonyl (C=O) groups is 2. The van der Waals surface area contributed by atoms with Crippen LogP contribution in [-0.2, 0) is 19.1 Å². The number of nitrogens with one attached hydrogen (secondary N) is 1. The summed E-state index contributed by atoms with van der Waals surface area (Å²) in [5, 5.41) is 2.45. The molecular weight excluding hydrogens is 401 g/mol. The van der Waals surface area contributed by atoms with Gasteiger partial charge >= 0.3 is 11.9 Å². The maximum atomic E-state index is 14.6. The minimum atomic E-state index is -2.01. The molecule has 10 heteroatoms. The summed E-state index contributed by atoms with van der Waals surface area (Å²) in [5.41, 5.74) is -3.07. The molecule has 0 spiro atoms. The van der Waals surface area contributed by atoms with E-state index >= 15 is 0 Å². The van der Waals surface area contributed by atoms with Crippen molar-refractivity contribution in [2.75, 3.05) is 13.8 Å². The van der Waals surface area contributed by atoms with E-state index in [9.17, 15) is 31.5 Å². The van der Waals surface area contributed by atoms with E-state index in [0.717, 1.165) is 7.11 Å². The minimum Gasteiger partial charge on any atom is -0.466 e. The van der Waals surface area contributed by atoms with Gasteiger partial charge in [0.2, 0.25) is 0 Å². The molecule has 0 fully saturated rings. The first-order valence-corrected chi connectivity index (χ1v) is 8.44. The van der Waals surface area contributed by atoms with Crippen molar-refractivity contribution < 1.29 is 41.0 Å². The zero-order valence-corrected chi connectivity index (χ0v) is 16.0. The van der Waals surface area contributed by atoms with Gasteiger partial charge in [0.1, 0.15) is 6.67 Å². The molecule has 0 amide bonds. The molecule has 1 aliphatic heterocycles. The molecular formula is C19H18F5NO4. The molecule has 29 heavy (non-hydrogen) atoms. The van der Waals surface area contributed by atoms with Gasteiger partial charge in [0.05, 0.1) is 36.0 Å². The smallest absolute Gasteiger partial charge is 0.337 e. The minimum absolute atomic E-state index is 0.0183. The Kier molecular flexibility index (Phi) is 6.66. The Balaban J connectivity index is 2.90. The van der Waals surface area contributed by atoms with Gasteiger partial charge in [0.15, 0.2) is 23.3 Å². The van der Waals surface area contributed by atoms with Gasteiger partial charge < -0.3 is 14.8 Å². The van der Waals surface area contributed by atoms with E-state index in [-0.39, 0.29) is 11.8 Å². The fraction of sp³-hybridized carbons (Fsp3) is 0.368. The fourth-order valence-corrected chi connectivity index (χ4v) is 3.03. The molecule has 0 aliphatic carbocycles. The van der Waals surface area contributed by atoms with Crippen LogP contribution < -0.4 is 5.32 Å². The average Bonchev–Trinajstić information content (AvgIpc) is 2.64. The van der Waals surface area contributed by atoms with Crippen LogP contribution in [0.5, 0.6) is 0 Å². The van der Waals surface area contributed by atoms with Crippen molar-refractivity contribution in [1.82, 2.24) is 5.32 Å². The SMILES string of the molecule is COC(=O)C1=C(CF)NC(C)=C(C(=O)OC(C)C)C1c1c(F)c(F)cc(F)c1F. The van der Waals surface area contributed by atoms with Gasteiger partial charge in [-0.25, -0.2) is 31.5 Å². The Morgan fingerprint density at radius 3 is 2.07 bits per heavy atom. The Morgan fingerprint density at radius 1 is 1.07 bits per heavy atom. The summed E-state index contributed by atoms with van der Waals surface area (Å²) in [4.78, 5) is 24.9. The lowest BCUT2D eigenvalue weighted by atomic mass is 9.79. The third-order valence-electron chi connectivity index (χ3n) is 4.18. The van der Waals surface area contributed by atoms with Crippen LogP contribution >= 0.6 is 0 Å². The molecule has 1 aromatic carbocycles. The maximum absolute atomic E-state index is 14.6. The third-order valence-corrected chi connectivity index (χ3v) is 4.18. The van der Waals surface area contributed by atoms with Gasteiger partial charge in [-0.05, 0) is 20.8 Å². The predicted molar refractivity (Wildman–Crippen MR) is 91.1 cm³/mol. The number of hydrogen-bond donors (Lipinski definition) is 1. The second-order valence-electron chi connectivity index (χ2n) is 6.45. The Labute approximate surface area is 163 Å². The van der Waals surface area contributed by atoms with Gasteiger partial charge in [0, 0.05) is 17.3 Å². The molecule has 1 atom stereocenters. The highest BCUT2D eigenvalue weighted by Crippen LogP contribution is 2.42. The largest absolute Gasteiger partial charge is 0.466 e. The predicted octanol–water partition coefficient (Wildman–Crippen LogP) is 3.55. The third kappa shape index (κ3) is 4.10. The molecule has 1 aromatic rings. The van der Waals surface area contributed by atoms with E-state index in [1.54, 1.807) is 0 Å². The fourth-order valence-electron chi connectivity index (χ4n) is 3.03. The van der Waals surface area contributed by atoms with Crippen LogP contribution in [0.4, 0.5) is 22.0 Å². The van der Waals surface area contributed by atoms with Crippen molar-refractivity contribution >= 4 is 11.9 Å². The molecule has 2 rings (SSSR count). The van der Waals surface area contributed by atoms with Gasteiger partial charge in [-0.3, -0.25) is 0 Å². The molecule has 0 bridgehead atoms. The van der Waals surface area contributed by atoms with E-state index in [4.69, 9.17) is 4.74 Å². The molecule has 0 aromatic heterocycles. The van der Waals surface area contributed by atoms with Crippen LogP contribution in [0.1, 0.15) is 32.3 Å². The van der Waals surface area contributed by atoms with Crippen molar-refractivity contribution in [1.29, 1.82) is 0 Å². The second kappa shape index (κ2) is 8.62. The molecule has 0 saturated heterocycles. The second-order valence-corrected chi connectivity index (χ2v) is 6.45. The Morgan fingerprint density at radius 2 is 1.62 bits per heavy atom. The van der Waals surface area contributed by atoms with E-state index in [1.807, 2.05) is 0 Å². The molecule has 0 saturated carbocycles. The number of ether oxygens (including phenoxy) is 2. The van der Waals surface area contributed by atoms with Gasteiger partial charge in [-0.2, -0.15) is 0 Å². The molecule has 1 aliphatic rings. The van der Waals surface area contributed by atoms with Crippen LogP contribution in [0.15, 0.2) is 28.6 Å². The van der Waals surface area contributed by atoms with Crippen LogP contribution in [0, 0.1) is 23.3 Å². The van der Waals surface area contributed by atoms with Crippen molar-refractivity contribution in [2.24, 2.45) is 0 Å². The molecule has 0 radical (unpaired) electrons. The quantitative estimate of drug-likeness (QED) is 0.449. The highest BCUT2D eigenvalue weighted by atomic mass is 19.2. The highest BCUT2D eigenvalue weighted by Gasteiger charge is 2.43. The van der Waals surface area contributed by atoms with Crippen molar-refractivity contribution in [3.63, 3.8) is 0 Å². The summed E-state index contributed by atoms with van der Waals surface area (Å²) in [7, 11) is 0.915. The van der Waals surface area contributed by atoms with E-state index in [1.165, 1.54) is 20.8 Å². The number of carbonyl (C=O) groups excluding carboxylic acids is 2. The standard InChI is InChI=1S/C19H18F5NO4/c1-7(2)29-19(27)12-8(3)25-11(6-20)13(18(26)28-4)14(12)15-16(23)9(21)5-10(22)17(15)24/h5,7,14,25H,6H2,1-4H3. The first-order valence-electron chi connectivity index (χ1n) is 8.44. The van der Waals surface area contributed by atoms with E-state index in [0.29, 0.717) is 0 Å². The van der Waals surface area contributed by atoms with Crippen LogP contribution in [-0.4, -0.2) is 31.8 Å². The van der Waals surface area contributed by atoms with Crippen LogP contribution in [0.25, 0.3) is 0 Å². The number of benzene rings is 1. The summed E-state index contributed by atoms with van der Waals surface area (Å²) in [6.45, 7) is 2.93. The van der Waals surface area contributed by atoms with Crippen molar-refractivity contribution in [3.8, 4) is 0 Å². The number of dihydropyridines is 1. The summed E-state index contributed by atoms with van der Waals surface area (Å²) < 4.78 is 80.1. The maximum Gasteiger partial charge on any atom is 0.337 e. The number of hydrogen-bond acceptors (Lipinski definition) is 5. The summed E-state index contributed by atoms with van der Waals surface area (Å²) in [5.74, 6) is -11.5. The van der Waals surface area contributed by atoms with Gasteiger partial charge in [0.25, 0.3) is 0 Å². The molecule has 158 valence electrons. The lowest BCUT2D eigenvalue weighted by Crippen LogP contribution is -2.35. The summed E-state index contributed by atoms with van der Waals surface area (Å²) >= 11 is 0. The van der Waals surface area contributed by atoms with Crippen LogP contribution in [0.3, 0.4) is 0 Å². The summed E-state index contributed by atoms with van der Waals surface area (Å²) in [6.07, 6.45) is -0.671. The Bertz CT molecular complexity index is 897. The van der Waals surface area contributed by atoms with Crippen molar-refractivity contribution in [2.45, 2.75) is 32.8 Å². The number of allylic oxidation sites excluding steroid dienone is 2. The first kappa shape index (κ1) is 22.4. The Hall–Kier alpha value is -2.91. The van der Waals surface area contributed by atoms with E-state index < -0.39 is 76.3 Å². The normalized spacial score (nSPS) is 16.8. The number of methoxy groups -OCH3 is 1. The average molecular weight is 419 g/mol. The molecule has 5 nitrogen and oxygen atoms in total. The number of alkyl halides is 1. The topological polar surface area (TPSA) is 64.6 Å². The highest BCUT2D eigenvalue weighted by molar-refractivity contribution is 6.00. The zero-order valence-electron chi connectivity index (χ0n) is 16.0. The monoisotopic (exact) mass is 419 g/mol. The molecule has 1 heterocycles. The van der Waals surface area contributed by atoms with E-state index in [2.05, 4.69) is 10.1 Å². The van der Waals surface area contributed by atoms with Crippen molar-refractivity contribution in [3.05, 3.63) is 57.4 Å². The van der Waals surface area contributed by atoms with Crippen LogP contribution in [0.2, 0.25) is 0 Å². The van der Waals surface area contributed by atoms with Gasteiger partial charge in [-0.1, -0.05) is 0 Å². The molecule has 1 unspecified atom stereocenters.